The molecule has 67 heavy (non-hydrogen) atoms. The van der Waals surface area contributed by atoms with Crippen molar-refractivity contribution in [2.45, 2.75) is 219 Å². The van der Waals surface area contributed by atoms with Gasteiger partial charge in [-0.25, -0.2) is 0 Å². The molecule has 0 bridgehead atoms. The van der Waals surface area contributed by atoms with Crippen LogP contribution < -0.4 is 0 Å². The highest BCUT2D eigenvalue weighted by Gasteiger charge is 2.19. The van der Waals surface area contributed by atoms with Gasteiger partial charge in [-0.15, -0.1) is 0 Å². The molecule has 376 valence electrons. The van der Waals surface area contributed by atoms with Crippen molar-refractivity contribution in [2.24, 2.45) is 0 Å². The Bertz CT molecular complexity index is 1480. The van der Waals surface area contributed by atoms with E-state index in [4.69, 9.17) is 14.2 Å². The molecular weight excluding hydrogens is 829 g/mol. The number of hydrogen-bond acceptors (Lipinski definition) is 6. The van der Waals surface area contributed by atoms with Gasteiger partial charge in [0, 0.05) is 19.3 Å². The molecule has 0 saturated heterocycles. The lowest BCUT2D eigenvalue weighted by atomic mass is 10.1. The molecule has 0 radical (unpaired) electrons. The van der Waals surface area contributed by atoms with Crippen LogP contribution in [-0.2, 0) is 28.6 Å². The van der Waals surface area contributed by atoms with Gasteiger partial charge in [-0.3, -0.25) is 14.4 Å². The first-order chi connectivity index (χ1) is 33.0. The maximum Gasteiger partial charge on any atom is 0.306 e. The highest BCUT2D eigenvalue weighted by molar-refractivity contribution is 5.71. The van der Waals surface area contributed by atoms with Gasteiger partial charge in [-0.2, -0.15) is 0 Å². The largest absolute Gasteiger partial charge is 0.462 e. The van der Waals surface area contributed by atoms with Gasteiger partial charge in [0.25, 0.3) is 0 Å². The monoisotopic (exact) mass is 925 g/mol. The summed E-state index contributed by atoms with van der Waals surface area (Å²) in [6, 6.07) is 0. The van der Waals surface area contributed by atoms with Gasteiger partial charge >= 0.3 is 17.9 Å². The Morgan fingerprint density at radius 2 is 0.612 bits per heavy atom. The van der Waals surface area contributed by atoms with Crippen LogP contribution in [0.2, 0.25) is 0 Å². The van der Waals surface area contributed by atoms with Crippen LogP contribution in [0.15, 0.2) is 134 Å². The summed E-state index contributed by atoms with van der Waals surface area (Å²) in [5.74, 6) is -1.05. The highest BCUT2D eigenvalue weighted by atomic mass is 16.6. The second-order valence-corrected chi connectivity index (χ2v) is 17.0. The van der Waals surface area contributed by atoms with Crippen LogP contribution in [0.25, 0.3) is 0 Å². The molecule has 6 nitrogen and oxygen atoms in total. The van der Waals surface area contributed by atoms with Crippen molar-refractivity contribution in [3.05, 3.63) is 134 Å². The van der Waals surface area contributed by atoms with Crippen molar-refractivity contribution in [1.82, 2.24) is 0 Å². The number of rotatable bonds is 46. The molecule has 0 spiro atoms. The molecule has 0 aliphatic carbocycles. The first-order valence-corrected chi connectivity index (χ1v) is 26.7. The van der Waals surface area contributed by atoms with E-state index in [1.165, 1.54) is 25.7 Å². The summed E-state index contributed by atoms with van der Waals surface area (Å²) >= 11 is 0. The fraction of sp³-hybridized carbons (Fsp3) is 0.590. The van der Waals surface area contributed by atoms with Gasteiger partial charge in [-0.1, -0.05) is 206 Å². The zero-order valence-electron chi connectivity index (χ0n) is 42.9. The van der Waals surface area contributed by atoms with Crippen molar-refractivity contribution < 1.29 is 28.6 Å². The Morgan fingerprint density at radius 3 is 1.00 bits per heavy atom. The molecule has 1 atom stereocenters. The van der Waals surface area contributed by atoms with Crippen molar-refractivity contribution in [3.63, 3.8) is 0 Å². The summed E-state index contributed by atoms with van der Waals surface area (Å²) in [6.07, 6.45) is 75.9. The SMILES string of the molecule is CC/C=C\C/C=C\C/C=C\C/C=C\C/C=C\C/C=C\CCC(=O)OC[C@@H](COC(=O)CCCCCCC/C=C\C/C=C\CCCCC)OC(=O)CCCCCCC/C=C\C/C=C\C/C=C\CC. The fourth-order valence-corrected chi connectivity index (χ4v) is 6.69. The standard InChI is InChI=1S/C61H96O6/c1-4-7-10-13-16-19-22-25-28-29-30-31-34-36-39-42-45-48-51-54-60(63)66-57-58(67-61(64)55-52-49-46-43-40-37-33-27-24-21-18-15-12-9-6-3)56-65-59(62)53-50-47-44-41-38-35-32-26-23-20-17-14-11-8-5-2/h7,9-10,12,16-21,25-28,30-33,36,39,45,48,58H,4-6,8,11,13-15,22-24,29,34-35,37-38,40-44,46-47,49-57H2,1-3H3/b10-7-,12-9-,19-16-,20-17-,21-18-,28-25-,31-30-,32-26-,33-27-,39-36-,48-45-/t58-/m1/s1. The van der Waals surface area contributed by atoms with Gasteiger partial charge in [0.05, 0.1) is 0 Å². The van der Waals surface area contributed by atoms with Gasteiger partial charge in [0.2, 0.25) is 0 Å². The molecule has 0 fully saturated rings. The van der Waals surface area contributed by atoms with Crippen LogP contribution in [0, 0.1) is 0 Å². The minimum Gasteiger partial charge on any atom is -0.462 e. The number of unbranched alkanes of at least 4 members (excludes halogenated alkanes) is 13. The summed E-state index contributed by atoms with van der Waals surface area (Å²) in [5.41, 5.74) is 0. The van der Waals surface area contributed by atoms with Crippen LogP contribution >= 0.6 is 0 Å². The Labute approximate surface area is 411 Å². The molecular formula is C61H96O6. The van der Waals surface area contributed by atoms with Gasteiger partial charge in [0.15, 0.2) is 6.10 Å². The van der Waals surface area contributed by atoms with E-state index in [2.05, 4.69) is 142 Å². The number of esters is 3. The third-order valence-electron chi connectivity index (χ3n) is 10.6. The average molecular weight is 925 g/mol. The van der Waals surface area contributed by atoms with Crippen LogP contribution in [0.3, 0.4) is 0 Å². The van der Waals surface area contributed by atoms with E-state index in [0.717, 1.165) is 141 Å². The number of hydrogen-bond donors (Lipinski definition) is 0. The summed E-state index contributed by atoms with van der Waals surface area (Å²) < 4.78 is 16.7. The van der Waals surface area contributed by atoms with E-state index >= 15 is 0 Å². The van der Waals surface area contributed by atoms with Crippen LogP contribution in [0.1, 0.15) is 213 Å². The molecule has 0 aromatic rings. The molecule has 0 N–H and O–H groups in total. The summed E-state index contributed by atoms with van der Waals surface area (Å²) in [6.45, 7) is 6.28. The van der Waals surface area contributed by atoms with Crippen molar-refractivity contribution in [2.75, 3.05) is 13.2 Å². The molecule has 0 aromatic heterocycles. The van der Waals surface area contributed by atoms with Crippen LogP contribution in [-0.4, -0.2) is 37.2 Å². The van der Waals surface area contributed by atoms with Crippen LogP contribution in [0.4, 0.5) is 0 Å². The molecule has 0 amide bonds. The first-order valence-electron chi connectivity index (χ1n) is 26.7. The lowest BCUT2D eigenvalue weighted by Crippen LogP contribution is -2.30. The zero-order valence-corrected chi connectivity index (χ0v) is 42.9. The van der Waals surface area contributed by atoms with Gasteiger partial charge < -0.3 is 14.2 Å². The molecule has 0 rings (SSSR count). The molecule has 0 unspecified atom stereocenters. The minimum atomic E-state index is -0.828. The normalized spacial score (nSPS) is 13.2. The van der Waals surface area contributed by atoms with Gasteiger partial charge in [0.1, 0.15) is 13.2 Å². The van der Waals surface area contributed by atoms with E-state index in [1.807, 2.05) is 12.2 Å². The van der Waals surface area contributed by atoms with Crippen molar-refractivity contribution in [1.29, 1.82) is 0 Å². The van der Waals surface area contributed by atoms with E-state index in [9.17, 15) is 14.4 Å². The Morgan fingerprint density at radius 1 is 0.313 bits per heavy atom. The molecule has 0 aliphatic heterocycles. The Kier molecular flexibility index (Phi) is 50.6. The third kappa shape index (κ3) is 52.4. The lowest BCUT2D eigenvalue weighted by Gasteiger charge is -2.18. The maximum atomic E-state index is 12.8. The quantitative estimate of drug-likeness (QED) is 0.0262. The van der Waals surface area contributed by atoms with E-state index in [-0.39, 0.29) is 44.0 Å². The molecule has 0 aliphatic rings. The molecule has 0 heterocycles. The zero-order chi connectivity index (χ0) is 48.6. The van der Waals surface area contributed by atoms with Crippen LogP contribution in [0.5, 0.6) is 0 Å². The van der Waals surface area contributed by atoms with E-state index in [0.29, 0.717) is 12.8 Å². The minimum absolute atomic E-state index is 0.121. The number of carbonyl (C=O) groups is 3. The third-order valence-corrected chi connectivity index (χ3v) is 10.6. The predicted molar refractivity (Wildman–Crippen MR) is 288 cm³/mol. The number of allylic oxidation sites excluding steroid dienone is 22. The molecule has 0 aromatic carbocycles. The summed E-state index contributed by atoms with van der Waals surface area (Å²) in [4.78, 5) is 38.0. The predicted octanol–water partition coefficient (Wildman–Crippen LogP) is 17.9. The second kappa shape index (κ2) is 54.2. The summed E-state index contributed by atoms with van der Waals surface area (Å²) in [5, 5.41) is 0. The number of ether oxygens (including phenoxy) is 3. The lowest BCUT2D eigenvalue weighted by molar-refractivity contribution is -0.166. The second-order valence-electron chi connectivity index (χ2n) is 17.0. The number of carbonyl (C=O) groups excluding carboxylic acids is 3. The Balaban J connectivity index is 4.58. The topological polar surface area (TPSA) is 78.9 Å². The van der Waals surface area contributed by atoms with E-state index in [1.54, 1.807) is 0 Å². The van der Waals surface area contributed by atoms with Crippen molar-refractivity contribution in [3.8, 4) is 0 Å². The first kappa shape index (κ1) is 62.5. The smallest absolute Gasteiger partial charge is 0.306 e. The molecule has 0 saturated carbocycles. The van der Waals surface area contributed by atoms with Crippen molar-refractivity contribution >= 4 is 17.9 Å². The average Bonchev–Trinajstić information content (AvgIpc) is 3.33. The highest BCUT2D eigenvalue weighted by Crippen LogP contribution is 2.12. The fourth-order valence-electron chi connectivity index (χ4n) is 6.69. The summed E-state index contributed by atoms with van der Waals surface area (Å²) in [7, 11) is 0. The van der Waals surface area contributed by atoms with Gasteiger partial charge in [-0.05, 0) is 122 Å². The molecule has 6 heteroatoms. The Hall–Kier alpha value is -4.45. The van der Waals surface area contributed by atoms with E-state index < -0.39 is 6.10 Å². The maximum absolute atomic E-state index is 12.8.